The van der Waals surface area contributed by atoms with Crippen LogP contribution in [0.25, 0.3) is 0 Å². The normalized spacial score (nSPS) is 15.2. The van der Waals surface area contributed by atoms with Crippen molar-refractivity contribution in [2.45, 2.75) is 77.3 Å². The van der Waals surface area contributed by atoms with Gasteiger partial charge in [-0.25, -0.2) is 0 Å². The number of hydrogen-bond acceptors (Lipinski definition) is 4. The van der Waals surface area contributed by atoms with Crippen molar-refractivity contribution in [3.63, 3.8) is 0 Å². The van der Waals surface area contributed by atoms with Gasteiger partial charge < -0.3 is 5.32 Å². The average molecular weight is 493 g/mol. The molecule has 6 nitrogen and oxygen atoms in total. The van der Waals surface area contributed by atoms with Crippen LogP contribution < -0.4 is 10.2 Å². The lowest BCUT2D eigenvalue weighted by Crippen LogP contribution is -2.47. The first-order valence-corrected chi connectivity index (χ1v) is 13.5. The summed E-state index contributed by atoms with van der Waals surface area (Å²) in [5, 5.41) is 9.77. The highest BCUT2D eigenvalue weighted by Crippen LogP contribution is 2.32. The summed E-state index contributed by atoms with van der Waals surface area (Å²) in [7, 11) is 1.85. The molecular weight excluding hydrogens is 456 g/mol. The van der Waals surface area contributed by atoms with Crippen molar-refractivity contribution in [2.24, 2.45) is 7.05 Å². The van der Waals surface area contributed by atoms with E-state index in [0.717, 1.165) is 47.5 Å². The van der Waals surface area contributed by atoms with Crippen LogP contribution in [-0.4, -0.2) is 27.6 Å². The predicted molar refractivity (Wildman–Crippen MR) is 142 cm³/mol. The van der Waals surface area contributed by atoms with Gasteiger partial charge in [-0.05, 0) is 54.8 Å². The molecule has 1 saturated carbocycles. The Morgan fingerprint density at radius 2 is 1.86 bits per heavy atom. The van der Waals surface area contributed by atoms with Crippen LogP contribution in [-0.2, 0) is 23.1 Å². The first kappa shape index (κ1) is 25.2. The predicted octanol–water partition coefficient (Wildman–Crippen LogP) is 5.68. The lowest BCUT2D eigenvalue weighted by molar-refractivity contribution is -0.127. The molecule has 1 aliphatic carbocycles. The highest BCUT2D eigenvalue weighted by atomic mass is 32.1. The molecule has 1 fully saturated rings. The molecule has 0 spiro atoms. The zero-order valence-corrected chi connectivity index (χ0v) is 22.0. The van der Waals surface area contributed by atoms with Crippen LogP contribution in [0.3, 0.4) is 0 Å². The molecule has 0 bridgehead atoms. The van der Waals surface area contributed by atoms with E-state index in [4.69, 9.17) is 0 Å². The van der Waals surface area contributed by atoms with Crippen molar-refractivity contribution < 1.29 is 9.59 Å². The van der Waals surface area contributed by atoms with Crippen molar-refractivity contribution >= 4 is 28.8 Å². The number of nitrogens with zero attached hydrogens (tertiary/aromatic N) is 3. The third-order valence-electron chi connectivity index (χ3n) is 6.82. The van der Waals surface area contributed by atoms with E-state index in [1.54, 1.807) is 20.9 Å². The van der Waals surface area contributed by atoms with Gasteiger partial charge in [0.2, 0.25) is 11.8 Å². The van der Waals surface area contributed by atoms with Gasteiger partial charge >= 0.3 is 0 Å². The topological polar surface area (TPSA) is 67.2 Å². The van der Waals surface area contributed by atoms with Crippen molar-refractivity contribution in [3.8, 4) is 0 Å². The fraction of sp³-hybridized carbons (Fsp3) is 0.464. The van der Waals surface area contributed by atoms with Gasteiger partial charge in [0.1, 0.15) is 6.04 Å². The summed E-state index contributed by atoms with van der Waals surface area (Å²) < 4.78 is 1.72. The lowest BCUT2D eigenvalue weighted by Gasteiger charge is -2.33. The van der Waals surface area contributed by atoms with Gasteiger partial charge in [0.15, 0.2) is 0 Å². The summed E-state index contributed by atoms with van der Waals surface area (Å²) >= 11 is 1.56. The molecule has 4 rings (SSSR count). The second kappa shape index (κ2) is 11.2. The third kappa shape index (κ3) is 6.01. The molecular formula is C28H36N4O2S. The standard InChI is InChI=1S/C28H36N4O2S/c1-19(2)21-12-14-23(15-13-21)32(26(33)17-24-11-8-16-35-24)27(25-18-31(4)30-20(25)3)28(34)29-22-9-6-5-7-10-22/h8,11-16,18-19,22,27H,5-7,9-10,17H2,1-4H3,(H,29,34)/t27-/m0/s1. The van der Waals surface area contributed by atoms with Crippen LogP contribution in [0.4, 0.5) is 5.69 Å². The van der Waals surface area contributed by atoms with E-state index >= 15 is 0 Å². The number of thiophene rings is 1. The Labute approximate surface area is 212 Å². The van der Waals surface area contributed by atoms with Gasteiger partial charge in [-0.15, -0.1) is 11.3 Å². The SMILES string of the molecule is Cc1nn(C)cc1[C@@H](C(=O)NC1CCCCC1)N(C(=O)Cc1cccs1)c1ccc(C(C)C)cc1. The van der Waals surface area contributed by atoms with E-state index in [2.05, 4.69) is 36.4 Å². The van der Waals surface area contributed by atoms with E-state index < -0.39 is 6.04 Å². The monoisotopic (exact) mass is 492 g/mol. The van der Waals surface area contributed by atoms with Crippen molar-refractivity contribution in [3.05, 3.63) is 69.7 Å². The average Bonchev–Trinajstić information content (AvgIpc) is 3.46. The van der Waals surface area contributed by atoms with Crippen LogP contribution in [0.1, 0.15) is 79.6 Å². The highest BCUT2D eigenvalue weighted by Gasteiger charge is 2.36. The van der Waals surface area contributed by atoms with Gasteiger partial charge in [0.25, 0.3) is 0 Å². The van der Waals surface area contributed by atoms with Crippen LogP contribution in [0.15, 0.2) is 48.0 Å². The van der Waals surface area contributed by atoms with E-state index in [1.165, 1.54) is 12.0 Å². The molecule has 2 amide bonds. The molecule has 0 radical (unpaired) electrons. The minimum atomic E-state index is -0.789. The van der Waals surface area contributed by atoms with Gasteiger partial charge in [-0.3, -0.25) is 19.2 Å². The largest absolute Gasteiger partial charge is 0.351 e. The van der Waals surface area contributed by atoms with Crippen LogP contribution >= 0.6 is 11.3 Å². The minimum Gasteiger partial charge on any atom is -0.351 e. The number of rotatable bonds is 8. The summed E-state index contributed by atoms with van der Waals surface area (Å²) in [5.74, 6) is 0.141. The molecule has 1 aliphatic rings. The number of carbonyl (C=O) groups is 2. The Morgan fingerprint density at radius 1 is 1.14 bits per heavy atom. The molecule has 3 aromatic rings. The Kier molecular flexibility index (Phi) is 8.06. The maximum absolute atomic E-state index is 13.9. The zero-order valence-electron chi connectivity index (χ0n) is 21.2. The van der Waals surface area contributed by atoms with Crippen molar-refractivity contribution in [1.29, 1.82) is 0 Å². The van der Waals surface area contributed by atoms with Gasteiger partial charge in [-0.1, -0.05) is 51.3 Å². The molecule has 7 heteroatoms. The van der Waals surface area contributed by atoms with E-state index in [1.807, 2.05) is 49.8 Å². The number of hydrogen-bond donors (Lipinski definition) is 1. The number of amides is 2. The fourth-order valence-corrected chi connectivity index (χ4v) is 5.61. The maximum Gasteiger partial charge on any atom is 0.248 e. The molecule has 35 heavy (non-hydrogen) atoms. The first-order chi connectivity index (χ1) is 16.8. The molecule has 1 atom stereocenters. The quantitative estimate of drug-likeness (QED) is 0.440. The first-order valence-electron chi connectivity index (χ1n) is 12.6. The fourth-order valence-electron chi connectivity index (χ4n) is 4.92. The summed E-state index contributed by atoms with van der Waals surface area (Å²) in [5.41, 5.74) is 3.43. The second-order valence-corrected chi connectivity index (χ2v) is 10.9. The lowest BCUT2D eigenvalue weighted by atomic mass is 9.94. The number of aryl methyl sites for hydroxylation is 2. The van der Waals surface area contributed by atoms with E-state index in [-0.39, 0.29) is 24.3 Å². The molecule has 2 aromatic heterocycles. The smallest absolute Gasteiger partial charge is 0.248 e. The molecule has 0 saturated heterocycles. The van der Waals surface area contributed by atoms with Crippen LogP contribution in [0.2, 0.25) is 0 Å². The third-order valence-corrected chi connectivity index (χ3v) is 7.69. The van der Waals surface area contributed by atoms with Gasteiger partial charge in [0.05, 0.1) is 12.1 Å². The van der Waals surface area contributed by atoms with Crippen molar-refractivity contribution in [1.82, 2.24) is 15.1 Å². The van der Waals surface area contributed by atoms with Crippen LogP contribution in [0, 0.1) is 6.92 Å². The second-order valence-electron chi connectivity index (χ2n) is 9.86. The summed E-state index contributed by atoms with van der Waals surface area (Å²) in [6.45, 7) is 6.20. The summed E-state index contributed by atoms with van der Waals surface area (Å²) in [6, 6.07) is 11.3. The maximum atomic E-state index is 13.9. The highest BCUT2D eigenvalue weighted by molar-refractivity contribution is 7.10. The number of anilines is 1. The van der Waals surface area contributed by atoms with E-state index in [0.29, 0.717) is 5.92 Å². The molecule has 1 N–H and O–H groups in total. The number of aromatic nitrogens is 2. The molecule has 0 aliphatic heterocycles. The Bertz CT molecular complexity index is 1130. The Hall–Kier alpha value is -2.93. The van der Waals surface area contributed by atoms with Crippen LogP contribution in [0.5, 0.6) is 0 Å². The van der Waals surface area contributed by atoms with Crippen molar-refractivity contribution in [2.75, 3.05) is 4.90 Å². The molecule has 2 heterocycles. The number of benzene rings is 1. The van der Waals surface area contributed by atoms with Gasteiger partial charge in [0, 0.05) is 35.4 Å². The van der Waals surface area contributed by atoms with E-state index in [9.17, 15) is 9.59 Å². The number of nitrogens with one attached hydrogen (secondary N) is 1. The Morgan fingerprint density at radius 3 is 2.43 bits per heavy atom. The van der Waals surface area contributed by atoms with Gasteiger partial charge in [-0.2, -0.15) is 5.10 Å². The molecule has 0 unspecified atom stereocenters. The summed E-state index contributed by atoms with van der Waals surface area (Å²) in [4.78, 5) is 30.5. The zero-order chi connectivity index (χ0) is 24.9. The molecule has 1 aromatic carbocycles. The number of carbonyl (C=O) groups excluding carboxylic acids is 2. The Balaban J connectivity index is 1.76. The summed E-state index contributed by atoms with van der Waals surface area (Å²) in [6.07, 6.45) is 7.54. The minimum absolute atomic E-state index is 0.100. The molecule has 186 valence electrons.